The van der Waals surface area contributed by atoms with Gasteiger partial charge in [-0.2, -0.15) is 5.10 Å². The Balaban J connectivity index is 1.69. The van der Waals surface area contributed by atoms with Crippen molar-refractivity contribution in [3.63, 3.8) is 0 Å². The second kappa shape index (κ2) is 8.92. The lowest BCUT2D eigenvalue weighted by molar-refractivity contribution is 0.0677. The molecule has 2 unspecified atom stereocenters. The zero-order valence-electron chi connectivity index (χ0n) is 19.5. The summed E-state index contributed by atoms with van der Waals surface area (Å²) in [7, 11) is -3.24. The zero-order valence-corrected chi connectivity index (χ0v) is 20.3. The molecule has 0 spiro atoms. The van der Waals surface area contributed by atoms with Gasteiger partial charge in [-0.25, -0.2) is 8.42 Å². The van der Waals surface area contributed by atoms with Gasteiger partial charge < -0.3 is 19.5 Å². The molecule has 2 aliphatic rings. The lowest BCUT2D eigenvalue weighted by atomic mass is 9.94. The van der Waals surface area contributed by atoms with E-state index >= 15 is 0 Å². The number of ether oxygens (including phenoxy) is 2. The molecule has 1 fully saturated rings. The number of benzene rings is 2. The Bertz CT molecular complexity index is 1380. The van der Waals surface area contributed by atoms with Gasteiger partial charge in [0.15, 0.2) is 21.3 Å². The van der Waals surface area contributed by atoms with Gasteiger partial charge in [0.2, 0.25) is 0 Å². The van der Waals surface area contributed by atoms with Crippen LogP contribution in [0.1, 0.15) is 47.9 Å². The van der Waals surface area contributed by atoms with Gasteiger partial charge in [0.05, 0.1) is 30.8 Å². The highest BCUT2D eigenvalue weighted by atomic mass is 32.2. The summed E-state index contributed by atoms with van der Waals surface area (Å²) in [6.45, 7) is 4.66. The van der Waals surface area contributed by atoms with Crippen LogP contribution in [0.25, 0.3) is 11.3 Å². The predicted octanol–water partition coefficient (Wildman–Crippen LogP) is 3.31. The van der Waals surface area contributed by atoms with Crippen molar-refractivity contribution in [2.75, 3.05) is 24.7 Å². The number of sulfone groups is 1. The number of amides is 1. The average molecular weight is 498 g/mol. The van der Waals surface area contributed by atoms with E-state index in [1.807, 2.05) is 26.0 Å². The average Bonchev–Trinajstić information content (AvgIpc) is 3.49. The van der Waals surface area contributed by atoms with Crippen LogP contribution >= 0.6 is 0 Å². The number of rotatable bonds is 7. The van der Waals surface area contributed by atoms with E-state index in [9.17, 15) is 18.3 Å². The highest BCUT2D eigenvalue weighted by Gasteiger charge is 2.48. The summed E-state index contributed by atoms with van der Waals surface area (Å²) in [5.74, 6) is 0.809. The molecule has 2 N–H and O–H groups in total. The third-order valence-electron chi connectivity index (χ3n) is 6.45. The fourth-order valence-corrected chi connectivity index (χ4v) is 6.69. The Morgan fingerprint density at radius 3 is 2.54 bits per heavy atom. The minimum Gasteiger partial charge on any atom is -0.507 e. The quantitative estimate of drug-likeness (QED) is 0.514. The number of para-hydroxylation sites is 1. The summed E-state index contributed by atoms with van der Waals surface area (Å²) >= 11 is 0. The number of carbonyl (C=O) groups excluding carboxylic acids is 1. The number of aromatic amines is 1. The van der Waals surface area contributed by atoms with Gasteiger partial charge in [-0.1, -0.05) is 18.2 Å². The monoisotopic (exact) mass is 497 g/mol. The molecular formula is C25H27N3O6S. The van der Waals surface area contributed by atoms with Crippen molar-refractivity contribution in [3.8, 4) is 28.5 Å². The molecule has 3 heterocycles. The van der Waals surface area contributed by atoms with Crippen LogP contribution in [-0.2, 0) is 9.84 Å². The highest BCUT2D eigenvalue weighted by molar-refractivity contribution is 7.91. The lowest BCUT2D eigenvalue weighted by Gasteiger charge is -2.31. The van der Waals surface area contributed by atoms with Crippen molar-refractivity contribution < 1.29 is 27.8 Å². The van der Waals surface area contributed by atoms with Crippen molar-refractivity contribution in [1.82, 2.24) is 15.1 Å². The van der Waals surface area contributed by atoms with Gasteiger partial charge in [0.25, 0.3) is 5.91 Å². The second-order valence-electron chi connectivity index (χ2n) is 8.62. The fourth-order valence-electron chi connectivity index (χ4n) is 4.98. The first kappa shape index (κ1) is 23.2. The van der Waals surface area contributed by atoms with Crippen molar-refractivity contribution in [2.24, 2.45) is 0 Å². The van der Waals surface area contributed by atoms with Crippen LogP contribution in [-0.4, -0.2) is 65.3 Å². The van der Waals surface area contributed by atoms with Crippen LogP contribution in [0.3, 0.4) is 0 Å². The lowest BCUT2D eigenvalue weighted by Crippen LogP contribution is -2.40. The predicted molar refractivity (Wildman–Crippen MR) is 130 cm³/mol. The van der Waals surface area contributed by atoms with E-state index in [2.05, 4.69) is 10.2 Å². The molecule has 0 aliphatic carbocycles. The van der Waals surface area contributed by atoms with Gasteiger partial charge in [-0.15, -0.1) is 0 Å². The molecule has 2 aliphatic heterocycles. The summed E-state index contributed by atoms with van der Waals surface area (Å²) in [5.41, 5.74) is 2.58. The summed E-state index contributed by atoms with van der Waals surface area (Å²) < 4.78 is 36.2. The van der Waals surface area contributed by atoms with Crippen molar-refractivity contribution in [3.05, 3.63) is 59.3 Å². The molecule has 184 valence electrons. The first-order valence-corrected chi connectivity index (χ1v) is 13.5. The molecule has 10 heteroatoms. The van der Waals surface area contributed by atoms with Gasteiger partial charge in [-0.3, -0.25) is 9.89 Å². The third kappa shape index (κ3) is 4.01. The normalized spacial score (nSPS) is 20.7. The molecule has 0 bridgehead atoms. The molecular weight excluding hydrogens is 470 g/mol. The summed E-state index contributed by atoms with van der Waals surface area (Å²) in [6, 6.07) is 11.2. The Morgan fingerprint density at radius 1 is 1.11 bits per heavy atom. The van der Waals surface area contributed by atoms with Gasteiger partial charge >= 0.3 is 0 Å². The molecule has 1 aromatic heterocycles. The number of aromatic hydroxyl groups is 1. The third-order valence-corrected chi connectivity index (χ3v) is 8.20. The van der Waals surface area contributed by atoms with Gasteiger partial charge in [0.1, 0.15) is 17.1 Å². The number of nitrogens with zero attached hydrogens (tertiary/aromatic N) is 2. The standard InChI is InChI=1S/C25H27N3O6S/c1-3-33-19-10-9-15(13-20(19)34-4-2)24-21-22(17-7-5-6-8-18(17)29)26-27-23(21)25(30)28(24)16-11-12-35(31,32)14-16/h5-10,13,16,24,29H,3-4,11-12,14H2,1-2H3,(H,26,27). The Labute approximate surface area is 203 Å². The van der Waals surface area contributed by atoms with Crippen LogP contribution in [0.5, 0.6) is 17.2 Å². The van der Waals surface area contributed by atoms with Gasteiger partial charge in [-0.05, 0) is 50.1 Å². The molecule has 2 atom stereocenters. The van der Waals surface area contributed by atoms with Crippen LogP contribution < -0.4 is 9.47 Å². The minimum atomic E-state index is -3.24. The van der Waals surface area contributed by atoms with E-state index in [0.29, 0.717) is 53.6 Å². The highest BCUT2D eigenvalue weighted by Crippen LogP contribution is 2.47. The SMILES string of the molecule is CCOc1ccc(C2c3c(-c4ccccc4O)n[nH]c3C(=O)N2C2CCS(=O)(=O)C2)cc1OCC. The van der Waals surface area contributed by atoms with E-state index in [1.165, 1.54) is 0 Å². The van der Waals surface area contributed by atoms with Crippen LogP contribution in [0, 0.1) is 0 Å². The number of H-pyrrole nitrogens is 1. The number of hydrogen-bond acceptors (Lipinski definition) is 7. The second-order valence-corrected chi connectivity index (χ2v) is 10.9. The number of nitrogens with one attached hydrogen (secondary N) is 1. The maximum absolute atomic E-state index is 13.6. The number of fused-ring (bicyclic) bond motifs is 1. The van der Waals surface area contributed by atoms with E-state index < -0.39 is 21.9 Å². The fraction of sp³-hybridized carbons (Fsp3) is 0.360. The number of phenolic OH excluding ortho intramolecular Hbond substituents is 1. The molecule has 1 amide bonds. The molecule has 3 aromatic rings. The van der Waals surface area contributed by atoms with E-state index in [4.69, 9.17) is 9.47 Å². The smallest absolute Gasteiger partial charge is 0.273 e. The van der Waals surface area contributed by atoms with Gasteiger partial charge in [0, 0.05) is 17.2 Å². The van der Waals surface area contributed by atoms with E-state index in [0.717, 1.165) is 5.56 Å². The number of aromatic nitrogens is 2. The summed E-state index contributed by atoms with van der Waals surface area (Å²) in [4.78, 5) is 15.3. The molecule has 0 radical (unpaired) electrons. The van der Waals surface area contributed by atoms with E-state index in [1.54, 1.807) is 35.2 Å². The first-order valence-electron chi connectivity index (χ1n) is 11.6. The molecule has 2 aromatic carbocycles. The Morgan fingerprint density at radius 2 is 1.86 bits per heavy atom. The number of carbonyl (C=O) groups is 1. The molecule has 9 nitrogen and oxygen atoms in total. The minimum absolute atomic E-state index is 0.0385. The molecule has 0 saturated carbocycles. The maximum atomic E-state index is 13.6. The topological polar surface area (TPSA) is 122 Å². The summed E-state index contributed by atoms with van der Waals surface area (Å²) in [5, 5.41) is 17.8. The number of phenols is 1. The Kier molecular flexibility index (Phi) is 5.92. The summed E-state index contributed by atoms with van der Waals surface area (Å²) in [6.07, 6.45) is 0.365. The van der Waals surface area contributed by atoms with Crippen LogP contribution in [0.15, 0.2) is 42.5 Å². The molecule has 1 saturated heterocycles. The van der Waals surface area contributed by atoms with Crippen molar-refractivity contribution >= 4 is 15.7 Å². The van der Waals surface area contributed by atoms with Crippen molar-refractivity contribution in [1.29, 1.82) is 0 Å². The Hall–Kier alpha value is -3.53. The molecule has 5 rings (SSSR count). The van der Waals surface area contributed by atoms with Crippen molar-refractivity contribution in [2.45, 2.75) is 32.4 Å². The van der Waals surface area contributed by atoms with E-state index in [-0.39, 0.29) is 23.2 Å². The largest absolute Gasteiger partial charge is 0.507 e. The number of hydrogen-bond donors (Lipinski definition) is 2. The molecule has 35 heavy (non-hydrogen) atoms. The first-order chi connectivity index (χ1) is 16.8. The maximum Gasteiger partial charge on any atom is 0.273 e. The van der Waals surface area contributed by atoms with Crippen LogP contribution in [0.4, 0.5) is 0 Å². The van der Waals surface area contributed by atoms with Crippen LogP contribution in [0.2, 0.25) is 0 Å². The zero-order chi connectivity index (χ0) is 24.7.